The summed E-state index contributed by atoms with van der Waals surface area (Å²) in [5, 5.41) is 18.3. The molecule has 4 nitrogen and oxygen atoms in total. The molecule has 3 aliphatic carbocycles. The third kappa shape index (κ3) is 2.75. The number of nitrogens with zero attached hydrogens (tertiary/aromatic N) is 2. The number of hydrogen-bond donors (Lipinski definition) is 0. The summed E-state index contributed by atoms with van der Waals surface area (Å²) in [5.41, 5.74) is 0.425. The molecule has 0 aromatic rings. The smallest absolute Gasteiger partial charge is 0.196 e. The van der Waals surface area contributed by atoms with Crippen molar-refractivity contribution in [3.05, 3.63) is 34.9 Å². The fourth-order valence-corrected chi connectivity index (χ4v) is 5.18. The van der Waals surface area contributed by atoms with Crippen LogP contribution in [0, 0.1) is 57.2 Å². The molecule has 0 aliphatic heterocycles. The number of rotatable bonds is 2. The van der Waals surface area contributed by atoms with Gasteiger partial charge in [0.05, 0.1) is 11.0 Å². The van der Waals surface area contributed by atoms with E-state index in [0.717, 1.165) is 24.0 Å². The Balaban J connectivity index is 2.25. The van der Waals surface area contributed by atoms with E-state index in [1.807, 2.05) is 32.1 Å². The third-order valence-electron chi connectivity index (χ3n) is 6.40. The standard InChI is InChI=1S/C23H22N2O2/c1-4-6-16-12-22(3)18(15(2)21(16)27)7-9-23(8-5-10-24)13-17(14-25)19(26)11-20(22)23/h11-13,15,18H,4,6-7,9H2,1-3H3. The molecule has 0 spiro atoms. The van der Waals surface area contributed by atoms with Crippen LogP contribution in [0.3, 0.4) is 0 Å². The molecule has 1 saturated carbocycles. The first-order valence-electron chi connectivity index (χ1n) is 9.40. The van der Waals surface area contributed by atoms with Crippen molar-refractivity contribution in [3.63, 3.8) is 0 Å². The lowest BCUT2D eigenvalue weighted by Gasteiger charge is -2.53. The number of Topliss-reactive ketones (excluding diaryl/α,β-unsaturated/α-hetero) is 1. The van der Waals surface area contributed by atoms with Gasteiger partial charge in [-0.2, -0.15) is 10.5 Å². The minimum absolute atomic E-state index is 0.0748. The van der Waals surface area contributed by atoms with Crippen LogP contribution in [0.1, 0.15) is 46.5 Å². The highest BCUT2D eigenvalue weighted by molar-refractivity contribution is 6.09. The Kier molecular flexibility index (Phi) is 4.67. The lowest BCUT2D eigenvalue weighted by atomic mass is 9.48. The zero-order valence-corrected chi connectivity index (χ0v) is 15.9. The van der Waals surface area contributed by atoms with Gasteiger partial charge in [-0.05, 0) is 48.5 Å². The summed E-state index contributed by atoms with van der Waals surface area (Å²) in [6.45, 7) is 6.09. The zero-order chi connectivity index (χ0) is 19.8. The number of fused-ring (bicyclic) bond motifs is 3. The van der Waals surface area contributed by atoms with E-state index in [9.17, 15) is 14.9 Å². The molecular formula is C23H22N2O2. The second-order valence-electron chi connectivity index (χ2n) is 7.93. The van der Waals surface area contributed by atoms with Gasteiger partial charge in [0.25, 0.3) is 0 Å². The summed E-state index contributed by atoms with van der Waals surface area (Å²) < 4.78 is 0. The van der Waals surface area contributed by atoms with Crippen LogP contribution in [-0.4, -0.2) is 11.6 Å². The Morgan fingerprint density at radius 3 is 2.63 bits per heavy atom. The van der Waals surface area contributed by atoms with Gasteiger partial charge >= 0.3 is 0 Å². The summed E-state index contributed by atoms with van der Waals surface area (Å²) in [7, 11) is 0. The van der Waals surface area contributed by atoms with E-state index in [-0.39, 0.29) is 29.0 Å². The van der Waals surface area contributed by atoms with Gasteiger partial charge in [-0.1, -0.05) is 39.2 Å². The van der Waals surface area contributed by atoms with E-state index in [1.54, 1.807) is 12.2 Å². The van der Waals surface area contributed by atoms with Crippen LogP contribution in [0.5, 0.6) is 0 Å². The lowest BCUT2D eigenvalue weighted by Crippen LogP contribution is -2.49. The zero-order valence-electron chi connectivity index (χ0n) is 15.9. The second-order valence-corrected chi connectivity index (χ2v) is 7.93. The largest absolute Gasteiger partial charge is 0.294 e. The molecule has 1 fully saturated rings. The average Bonchev–Trinajstić information content (AvgIpc) is 2.65. The highest BCUT2D eigenvalue weighted by atomic mass is 16.1. The number of carbonyl (C=O) groups is 2. The summed E-state index contributed by atoms with van der Waals surface area (Å²) in [5.74, 6) is 5.36. The molecule has 0 amide bonds. The summed E-state index contributed by atoms with van der Waals surface area (Å²) >= 11 is 0. The fourth-order valence-electron chi connectivity index (χ4n) is 5.18. The number of allylic oxidation sites excluding steroid dienone is 6. The predicted octanol–water partition coefficient (Wildman–Crippen LogP) is 3.82. The monoisotopic (exact) mass is 358 g/mol. The van der Waals surface area contributed by atoms with E-state index in [4.69, 9.17) is 5.26 Å². The highest BCUT2D eigenvalue weighted by Gasteiger charge is 2.55. The van der Waals surface area contributed by atoms with E-state index in [1.165, 1.54) is 0 Å². The summed E-state index contributed by atoms with van der Waals surface area (Å²) in [6, 6.07) is 3.83. The first-order chi connectivity index (χ1) is 12.8. The molecule has 4 heteroatoms. The molecule has 3 aliphatic rings. The number of nitriles is 2. The highest BCUT2D eigenvalue weighted by Crippen LogP contribution is 2.60. The van der Waals surface area contributed by atoms with Gasteiger partial charge in [-0.15, -0.1) is 0 Å². The molecule has 0 N–H and O–H groups in total. The molecule has 4 unspecified atom stereocenters. The van der Waals surface area contributed by atoms with E-state index in [2.05, 4.69) is 18.8 Å². The first-order valence-corrected chi connectivity index (χ1v) is 9.40. The molecule has 3 rings (SSSR count). The minimum atomic E-state index is -0.798. The third-order valence-corrected chi connectivity index (χ3v) is 6.40. The van der Waals surface area contributed by atoms with Gasteiger partial charge < -0.3 is 0 Å². The van der Waals surface area contributed by atoms with Crippen LogP contribution in [-0.2, 0) is 9.59 Å². The fraction of sp³-hybridized carbons (Fsp3) is 0.478. The molecule has 0 bridgehead atoms. The molecule has 136 valence electrons. The number of carbonyl (C=O) groups excluding carboxylic acids is 2. The Bertz CT molecular complexity index is 957. The van der Waals surface area contributed by atoms with Gasteiger partial charge in [0.1, 0.15) is 6.07 Å². The summed E-state index contributed by atoms with van der Waals surface area (Å²) in [6.07, 6.45) is 8.16. The Morgan fingerprint density at radius 2 is 2.00 bits per heavy atom. The first kappa shape index (κ1) is 18.9. The van der Waals surface area contributed by atoms with Crippen molar-refractivity contribution in [1.29, 1.82) is 10.5 Å². The van der Waals surface area contributed by atoms with Crippen molar-refractivity contribution in [3.8, 4) is 24.0 Å². The van der Waals surface area contributed by atoms with Crippen molar-refractivity contribution in [1.82, 2.24) is 0 Å². The van der Waals surface area contributed by atoms with Crippen LogP contribution in [0.15, 0.2) is 34.9 Å². The lowest BCUT2D eigenvalue weighted by molar-refractivity contribution is -0.123. The van der Waals surface area contributed by atoms with Crippen LogP contribution in [0.25, 0.3) is 0 Å². The van der Waals surface area contributed by atoms with Crippen LogP contribution in [0.4, 0.5) is 0 Å². The maximum atomic E-state index is 12.8. The Morgan fingerprint density at radius 1 is 1.26 bits per heavy atom. The quantitative estimate of drug-likeness (QED) is 0.703. The van der Waals surface area contributed by atoms with Gasteiger partial charge in [0, 0.05) is 17.3 Å². The number of ketones is 2. The van der Waals surface area contributed by atoms with Crippen LogP contribution < -0.4 is 0 Å². The van der Waals surface area contributed by atoms with Crippen LogP contribution >= 0.6 is 0 Å². The Labute approximate surface area is 160 Å². The molecule has 0 aromatic carbocycles. The molecule has 27 heavy (non-hydrogen) atoms. The Hall–Kier alpha value is -2.90. The van der Waals surface area contributed by atoms with E-state index in [0.29, 0.717) is 12.8 Å². The number of hydrogen-bond acceptors (Lipinski definition) is 4. The van der Waals surface area contributed by atoms with Crippen LogP contribution in [0.2, 0.25) is 0 Å². The van der Waals surface area contributed by atoms with Gasteiger partial charge in [-0.25, -0.2) is 0 Å². The van der Waals surface area contributed by atoms with Crippen molar-refractivity contribution in [2.24, 2.45) is 22.7 Å². The molecule has 0 saturated heterocycles. The van der Waals surface area contributed by atoms with E-state index < -0.39 is 10.8 Å². The average molecular weight is 358 g/mol. The van der Waals surface area contributed by atoms with Gasteiger partial charge in [-0.3, -0.25) is 9.59 Å². The van der Waals surface area contributed by atoms with Gasteiger partial charge in [0.2, 0.25) is 0 Å². The topological polar surface area (TPSA) is 81.7 Å². The van der Waals surface area contributed by atoms with Crippen molar-refractivity contribution < 1.29 is 9.59 Å². The molecule has 0 heterocycles. The SMILES string of the molecule is CCCC1=CC2(C)C3=CC(=O)C(C#N)=CC3(C#CC#N)CCC2C(C)C1=O. The molecular weight excluding hydrogens is 336 g/mol. The molecule has 0 aromatic heterocycles. The minimum Gasteiger partial charge on any atom is -0.294 e. The van der Waals surface area contributed by atoms with Crippen molar-refractivity contribution in [2.75, 3.05) is 0 Å². The van der Waals surface area contributed by atoms with Gasteiger partial charge in [0.15, 0.2) is 17.6 Å². The maximum Gasteiger partial charge on any atom is 0.196 e. The maximum absolute atomic E-state index is 12.8. The van der Waals surface area contributed by atoms with Crippen molar-refractivity contribution >= 4 is 11.6 Å². The molecule has 4 atom stereocenters. The molecule has 0 radical (unpaired) electrons. The predicted molar refractivity (Wildman–Crippen MR) is 101 cm³/mol. The normalized spacial score (nSPS) is 34.5. The summed E-state index contributed by atoms with van der Waals surface area (Å²) in [4.78, 5) is 25.3. The second kappa shape index (κ2) is 6.68. The van der Waals surface area contributed by atoms with E-state index >= 15 is 0 Å². The van der Waals surface area contributed by atoms with Crippen molar-refractivity contribution in [2.45, 2.75) is 46.5 Å².